The number of piperazine rings is 1. The standard InChI is InChI=1S/C28H36BrN7O/c1-20-17-25(36-11-9-22(10-12-36)35-15-13-34(2)14-16-35)26(37-3)18-24(20)32-28-30-19-23(29)27(33-28)31-21-7-5-4-6-8-21/h4-8,17-19,22H,9-16H2,1-3H3,(H2,30,31,32,33). The summed E-state index contributed by atoms with van der Waals surface area (Å²) in [5, 5.41) is 6.73. The molecule has 3 aromatic rings. The molecule has 5 rings (SSSR count). The van der Waals surface area contributed by atoms with Crippen LogP contribution < -0.4 is 20.3 Å². The lowest BCUT2D eigenvalue weighted by molar-refractivity contribution is 0.0981. The van der Waals surface area contributed by atoms with Crippen molar-refractivity contribution in [2.24, 2.45) is 0 Å². The van der Waals surface area contributed by atoms with Crippen LogP contribution in [0.2, 0.25) is 0 Å². The second kappa shape index (κ2) is 11.7. The molecule has 0 radical (unpaired) electrons. The summed E-state index contributed by atoms with van der Waals surface area (Å²) in [7, 11) is 3.96. The van der Waals surface area contributed by atoms with Crippen molar-refractivity contribution in [3.8, 4) is 5.75 Å². The Kier molecular flexibility index (Phi) is 8.12. The molecule has 3 heterocycles. The van der Waals surface area contributed by atoms with E-state index in [9.17, 15) is 0 Å². The fraction of sp³-hybridized carbons (Fsp3) is 0.429. The maximum atomic E-state index is 5.85. The Bertz CT molecular complexity index is 1190. The molecule has 2 aliphatic rings. The molecule has 2 aromatic carbocycles. The molecule has 2 saturated heterocycles. The second-order valence-corrected chi connectivity index (χ2v) is 10.8. The first kappa shape index (κ1) is 25.8. The van der Waals surface area contributed by atoms with Crippen LogP contribution >= 0.6 is 15.9 Å². The van der Waals surface area contributed by atoms with Crippen LogP contribution in [0, 0.1) is 6.92 Å². The van der Waals surface area contributed by atoms with Gasteiger partial charge in [-0.1, -0.05) is 18.2 Å². The van der Waals surface area contributed by atoms with E-state index in [0.29, 0.717) is 17.8 Å². The lowest BCUT2D eigenvalue weighted by atomic mass is 10.0. The van der Waals surface area contributed by atoms with Crippen molar-refractivity contribution in [3.63, 3.8) is 0 Å². The third kappa shape index (κ3) is 6.17. The Balaban J connectivity index is 1.28. The summed E-state index contributed by atoms with van der Waals surface area (Å²) in [6.07, 6.45) is 4.14. The highest BCUT2D eigenvalue weighted by Crippen LogP contribution is 2.37. The molecule has 196 valence electrons. The van der Waals surface area contributed by atoms with Crippen LogP contribution in [0.4, 0.5) is 28.8 Å². The minimum Gasteiger partial charge on any atom is -0.495 e. The zero-order chi connectivity index (χ0) is 25.8. The number of halogens is 1. The van der Waals surface area contributed by atoms with Crippen LogP contribution in [0.25, 0.3) is 0 Å². The Morgan fingerprint density at radius 3 is 2.41 bits per heavy atom. The van der Waals surface area contributed by atoms with Crippen molar-refractivity contribution < 1.29 is 4.74 Å². The molecule has 1 aromatic heterocycles. The SMILES string of the molecule is COc1cc(Nc2ncc(Br)c(Nc3ccccc3)n2)c(C)cc1N1CCC(N2CCN(C)CC2)CC1. The molecule has 9 heteroatoms. The fourth-order valence-corrected chi connectivity index (χ4v) is 5.46. The zero-order valence-corrected chi connectivity index (χ0v) is 23.5. The van der Waals surface area contributed by atoms with Gasteiger partial charge >= 0.3 is 0 Å². The first-order valence-corrected chi connectivity index (χ1v) is 13.8. The van der Waals surface area contributed by atoms with Gasteiger partial charge in [-0.15, -0.1) is 0 Å². The highest BCUT2D eigenvalue weighted by Gasteiger charge is 2.28. The number of rotatable bonds is 7. The Hall–Kier alpha value is -2.88. The normalized spacial score (nSPS) is 17.6. The number of nitrogens with zero attached hydrogens (tertiary/aromatic N) is 5. The summed E-state index contributed by atoms with van der Waals surface area (Å²) in [5.41, 5.74) is 4.18. The number of aromatic nitrogens is 2. The fourth-order valence-electron chi connectivity index (χ4n) is 5.17. The maximum Gasteiger partial charge on any atom is 0.229 e. The number of likely N-dealkylation sites (N-methyl/N-ethyl adjacent to an activating group) is 1. The van der Waals surface area contributed by atoms with Crippen molar-refractivity contribution >= 4 is 44.8 Å². The molecule has 37 heavy (non-hydrogen) atoms. The van der Waals surface area contributed by atoms with Crippen LogP contribution in [-0.2, 0) is 0 Å². The molecule has 0 unspecified atom stereocenters. The van der Waals surface area contributed by atoms with Gasteiger partial charge in [0.05, 0.1) is 17.3 Å². The summed E-state index contributed by atoms with van der Waals surface area (Å²) in [4.78, 5) is 16.7. The van der Waals surface area contributed by atoms with E-state index in [2.05, 4.69) is 72.4 Å². The molecule has 0 spiro atoms. The number of para-hydroxylation sites is 1. The van der Waals surface area contributed by atoms with Crippen molar-refractivity contribution in [3.05, 3.63) is 58.7 Å². The number of benzene rings is 2. The number of aryl methyl sites for hydroxylation is 1. The van der Waals surface area contributed by atoms with Crippen molar-refractivity contribution in [1.29, 1.82) is 0 Å². The van der Waals surface area contributed by atoms with E-state index < -0.39 is 0 Å². The van der Waals surface area contributed by atoms with E-state index in [4.69, 9.17) is 9.72 Å². The lowest BCUT2D eigenvalue weighted by Gasteiger charge is -2.42. The van der Waals surface area contributed by atoms with Crippen LogP contribution in [0.15, 0.2) is 53.1 Å². The van der Waals surface area contributed by atoms with Gasteiger partial charge in [-0.05, 0) is 66.5 Å². The van der Waals surface area contributed by atoms with Crippen molar-refractivity contribution in [2.75, 3.05) is 69.0 Å². The molecule has 0 saturated carbocycles. The summed E-state index contributed by atoms with van der Waals surface area (Å²) in [6, 6.07) is 14.9. The van der Waals surface area contributed by atoms with Crippen LogP contribution in [0.5, 0.6) is 5.75 Å². The van der Waals surface area contributed by atoms with Crippen LogP contribution in [-0.4, -0.2) is 79.2 Å². The quantitative estimate of drug-likeness (QED) is 0.402. The third-order valence-electron chi connectivity index (χ3n) is 7.41. The van der Waals surface area contributed by atoms with Gasteiger partial charge in [-0.3, -0.25) is 4.90 Å². The monoisotopic (exact) mass is 565 g/mol. The smallest absolute Gasteiger partial charge is 0.229 e. The van der Waals surface area contributed by atoms with Gasteiger partial charge in [-0.2, -0.15) is 4.98 Å². The number of nitrogens with one attached hydrogen (secondary N) is 2. The van der Waals surface area contributed by atoms with Gasteiger partial charge in [0.15, 0.2) is 0 Å². The van der Waals surface area contributed by atoms with Crippen molar-refractivity contribution in [2.45, 2.75) is 25.8 Å². The van der Waals surface area contributed by atoms with E-state index in [1.807, 2.05) is 30.3 Å². The van der Waals surface area contributed by atoms with Crippen molar-refractivity contribution in [1.82, 2.24) is 19.8 Å². The Labute approximate surface area is 228 Å². The maximum absolute atomic E-state index is 5.85. The van der Waals surface area contributed by atoms with Gasteiger partial charge in [0.1, 0.15) is 11.6 Å². The molecular formula is C28H36BrN7O. The minimum atomic E-state index is 0.521. The first-order valence-electron chi connectivity index (χ1n) is 13.0. The number of piperidine rings is 1. The lowest BCUT2D eigenvalue weighted by Crippen LogP contribution is -2.52. The van der Waals surface area contributed by atoms with Crippen LogP contribution in [0.3, 0.4) is 0 Å². The largest absolute Gasteiger partial charge is 0.495 e. The molecule has 0 amide bonds. The Morgan fingerprint density at radius 2 is 1.70 bits per heavy atom. The van der Waals surface area contributed by atoms with E-state index >= 15 is 0 Å². The van der Waals surface area contributed by atoms with E-state index in [1.165, 1.54) is 39.0 Å². The number of methoxy groups -OCH3 is 1. The first-order chi connectivity index (χ1) is 18.0. The molecule has 0 atom stereocenters. The van der Waals surface area contributed by atoms with Gasteiger partial charge < -0.3 is 25.2 Å². The molecule has 2 N–H and O–H groups in total. The van der Waals surface area contributed by atoms with Gasteiger partial charge in [0, 0.05) is 68.9 Å². The summed E-state index contributed by atoms with van der Waals surface area (Å²) in [6.45, 7) is 8.93. The van der Waals surface area contributed by atoms with E-state index in [1.54, 1.807) is 13.3 Å². The number of anilines is 5. The van der Waals surface area contributed by atoms with E-state index in [0.717, 1.165) is 45.9 Å². The minimum absolute atomic E-state index is 0.521. The molecule has 2 fully saturated rings. The topological polar surface area (TPSA) is 68.8 Å². The van der Waals surface area contributed by atoms with Gasteiger partial charge in [-0.25, -0.2) is 4.98 Å². The molecule has 0 bridgehead atoms. The highest BCUT2D eigenvalue weighted by molar-refractivity contribution is 9.10. The Morgan fingerprint density at radius 1 is 0.973 bits per heavy atom. The predicted molar refractivity (Wildman–Crippen MR) is 155 cm³/mol. The van der Waals surface area contributed by atoms with E-state index in [-0.39, 0.29) is 0 Å². The van der Waals surface area contributed by atoms with Gasteiger partial charge in [0.25, 0.3) is 0 Å². The van der Waals surface area contributed by atoms with Gasteiger partial charge in [0.2, 0.25) is 5.95 Å². The number of ether oxygens (including phenoxy) is 1. The summed E-state index contributed by atoms with van der Waals surface area (Å²) >= 11 is 3.55. The average molecular weight is 567 g/mol. The number of hydrogen-bond donors (Lipinski definition) is 2. The predicted octanol–water partition coefficient (Wildman–Crippen LogP) is 5.26. The zero-order valence-electron chi connectivity index (χ0n) is 21.9. The molecule has 0 aliphatic carbocycles. The average Bonchev–Trinajstić information content (AvgIpc) is 2.92. The summed E-state index contributed by atoms with van der Waals surface area (Å²) in [5.74, 6) is 2.09. The molecule has 8 nitrogen and oxygen atoms in total. The number of hydrogen-bond acceptors (Lipinski definition) is 8. The third-order valence-corrected chi connectivity index (χ3v) is 7.99. The molecule has 2 aliphatic heterocycles. The second-order valence-electron chi connectivity index (χ2n) is 9.90. The highest BCUT2D eigenvalue weighted by atomic mass is 79.9. The summed E-state index contributed by atoms with van der Waals surface area (Å²) < 4.78 is 6.65. The molecular weight excluding hydrogens is 530 g/mol. The van der Waals surface area contributed by atoms with Crippen LogP contribution in [0.1, 0.15) is 18.4 Å².